The van der Waals surface area contributed by atoms with Gasteiger partial charge in [-0.1, -0.05) is 18.2 Å². The lowest BCUT2D eigenvalue weighted by molar-refractivity contribution is -0.0956. The van der Waals surface area contributed by atoms with E-state index in [0.717, 1.165) is 12.8 Å². The van der Waals surface area contributed by atoms with E-state index in [9.17, 15) is 13.2 Å². The number of carbonyl (C=O) groups excluding carboxylic acids is 1. The largest absolute Gasteiger partial charge is 0.495 e. The fraction of sp³-hybridized carbons (Fsp3) is 0.409. The molecule has 0 unspecified atom stereocenters. The highest BCUT2D eigenvalue weighted by molar-refractivity contribution is 7.92. The van der Waals surface area contributed by atoms with Gasteiger partial charge < -0.3 is 19.1 Å². The number of methoxy groups -OCH3 is 1. The number of ether oxygens (including phenoxy) is 3. The summed E-state index contributed by atoms with van der Waals surface area (Å²) >= 11 is 0. The van der Waals surface area contributed by atoms with Crippen LogP contribution in [0, 0.1) is 5.92 Å². The van der Waals surface area contributed by atoms with E-state index in [1.165, 1.54) is 19.2 Å². The molecule has 2 saturated heterocycles. The Balaban J connectivity index is 1.45. The van der Waals surface area contributed by atoms with Crippen molar-refractivity contribution in [3.8, 4) is 5.75 Å². The van der Waals surface area contributed by atoms with Gasteiger partial charge in [0.2, 0.25) is 0 Å². The molecule has 2 aromatic rings. The molecule has 2 fully saturated rings. The van der Waals surface area contributed by atoms with Gasteiger partial charge in [0.15, 0.2) is 6.29 Å². The molecule has 166 valence electrons. The number of hydrogen-bond donors (Lipinski definition) is 1. The number of nitrogens with zero attached hydrogens (tertiary/aromatic N) is 1. The highest BCUT2D eigenvalue weighted by atomic mass is 32.2. The van der Waals surface area contributed by atoms with Crippen LogP contribution in [-0.2, 0) is 19.5 Å². The van der Waals surface area contributed by atoms with Gasteiger partial charge in [0, 0.05) is 24.6 Å². The Labute approximate surface area is 182 Å². The number of amides is 1. The Morgan fingerprint density at radius 3 is 2.48 bits per heavy atom. The number of sulfonamides is 1. The maximum Gasteiger partial charge on any atom is 0.262 e. The molecule has 2 aromatic carbocycles. The molecule has 2 heterocycles. The molecule has 0 aromatic heterocycles. The topological polar surface area (TPSA) is 94.2 Å². The summed E-state index contributed by atoms with van der Waals surface area (Å²) in [5.41, 5.74) is 0.676. The van der Waals surface area contributed by atoms with Crippen LogP contribution in [0.15, 0.2) is 53.4 Å². The van der Waals surface area contributed by atoms with Gasteiger partial charge >= 0.3 is 0 Å². The van der Waals surface area contributed by atoms with E-state index < -0.39 is 10.0 Å². The standard InChI is InChI=1S/C22H26N2O6S/c1-28-20-8-3-2-7-19(20)23-31(26,27)18-6-4-5-17(15-18)21(25)24-11-9-16(10-12-24)22-29-13-14-30-22/h2-8,15-16,22-23H,9-14H2,1H3. The molecule has 8 nitrogen and oxygen atoms in total. The second-order valence-electron chi connectivity index (χ2n) is 7.57. The third-order valence-electron chi connectivity index (χ3n) is 5.60. The quantitative estimate of drug-likeness (QED) is 0.733. The van der Waals surface area contributed by atoms with Crippen LogP contribution < -0.4 is 9.46 Å². The summed E-state index contributed by atoms with van der Waals surface area (Å²) in [6.07, 6.45) is 1.42. The van der Waals surface area contributed by atoms with Gasteiger partial charge in [0.05, 0.1) is 30.9 Å². The van der Waals surface area contributed by atoms with E-state index in [1.54, 1.807) is 41.3 Å². The monoisotopic (exact) mass is 446 g/mol. The van der Waals surface area contributed by atoms with Crippen molar-refractivity contribution in [3.63, 3.8) is 0 Å². The van der Waals surface area contributed by atoms with Gasteiger partial charge in [0.1, 0.15) is 5.75 Å². The molecule has 0 aliphatic carbocycles. The Hall–Kier alpha value is -2.62. The highest BCUT2D eigenvalue weighted by Crippen LogP contribution is 2.28. The van der Waals surface area contributed by atoms with Crippen LogP contribution in [-0.4, -0.2) is 58.9 Å². The number of nitrogens with one attached hydrogen (secondary N) is 1. The normalized spacial score (nSPS) is 18.2. The molecular formula is C22H26N2O6S. The Morgan fingerprint density at radius 1 is 1.06 bits per heavy atom. The van der Waals surface area contributed by atoms with Crippen molar-refractivity contribution >= 4 is 21.6 Å². The maximum atomic E-state index is 13.0. The molecule has 0 spiro atoms. The smallest absolute Gasteiger partial charge is 0.262 e. The van der Waals surface area contributed by atoms with Gasteiger partial charge in [0.25, 0.3) is 15.9 Å². The molecule has 2 aliphatic heterocycles. The minimum atomic E-state index is -3.89. The molecular weight excluding hydrogens is 420 g/mol. The first-order valence-corrected chi connectivity index (χ1v) is 11.7. The Kier molecular flexibility index (Phi) is 6.45. The molecule has 31 heavy (non-hydrogen) atoms. The van der Waals surface area contributed by atoms with Crippen LogP contribution in [0.2, 0.25) is 0 Å². The lowest BCUT2D eigenvalue weighted by Gasteiger charge is -2.34. The zero-order chi connectivity index (χ0) is 21.8. The second kappa shape index (κ2) is 9.25. The van der Waals surface area contributed by atoms with Crippen LogP contribution in [0.3, 0.4) is 0 Å². The van der Waals surface area contributed by atoms with Crippen LogP contribution in [0.25, 0.3) is 0 Å². The zero-order valence-corrected chi connectivity index (χ0v) is 18.1. The van der Waals surface area contributed by atoms with E-state index in [0.29, 0.717) is 43.3 Å². The average Bonchev–Trinajstić information content (AvgIpc) is 3.34. The summed E-state index contributed by atoms with van der Waals surface area (Å²) in [5, 5.41) is 0. The number of anilines is 1. The molecule has 4 rings (SSSR count). The van der Waals surface area contributed by atoms with Crippen molar-refractivity contribution in [1.29, 1.82) is 0 Å². The van der Waals surface area contributed by atoms with E-state index in [2.05, 4.69) is 4.72 Å². The van der Waals surface area contributed by atoms with Gasteiger partial charge in [-0.25, -0.2) is 8.42 Å². The second-order valence-corrected chi connectivity index (χ2v) is 9.26. The Morgan fingerprint density at radius 2 is 1.77 bits per heavy atom. The lowest BCUT2D eigenvalue weighted by atomic mass is 9.95. The van der Waals surface area contributed by atoms with Gasteiger partial charge in [-0.05, 0) is 43.2 Å². The summed E-state index contributed by atoms with van der Waals surface area (Å²) in [6.45, 7) is 2.41. The number of rotatable bonds is 6. The fourth-order valence-electron chi connectivity index (χ4n) is 3.94. The third kappa shape index (κ3) is 4.84. The van der Waals surface area contributed by atoms with Gasteiger partial charge in [-0.3, -0.25) is 9.52 Å². The van der Waals surface area contributed by atoms with Crippen LogP contribution in [0.5, 0.6) is 5.75 Å². The van der Waals surface area contributed by atoms with E-state index in [4.69, 9.17) is 14.2 Å². The third-order valence-corrected chi connectivity index (χ3v) is 6.97. The molecule has 2 aliphatic rings. The molecule has 0 radical (unpaired) electrons. The summed E-state index contributed by atoms with van der Waals surface area (Å²) in [4.78, 5) is 14.8. The molecule has 9 heteroatoms. The van der Waals surface area contributed by atoms with E-state index >= 15 is 0 Å². The van der Waals surface area contributed by atoms with Gasteiger partial charge in [-0.2, -0.15) is 0 Å². The van der Waals surface area contributed by atoms with Crippen molar-refractivity contribution in [3.05, 3.63) is 54.1 Å². The van der Waals surface area contributed by atoms with Crippen LogP contribution in [0.1, 0.15) is 23.2 Å². The number of para-hydroxylation sites is 2. The minimum Gasteiger partial charge on any atom is -0.495 e. The number of likely N-dealkylation sites (tertiary alicyclic amines) is 1. The first-order valence-electron chi connectivity index (χ1n) is 10.3. The van der Waals surface area contributed by atoms with Crippen molar-refractivity contribution in [2.75, 3.05) is 38.1 Å². The first-order chi connectivity index (χ1) is 15.0. The molecule has 0 bridgehead atoms. The van der Waals surface area contributed by atoms with E-state index in [1.807, 2.05) is 0 Å². The lowest BCUT2D eigenvalue weighted by Crippen LogP contribution is -2.41. The zero-order valence-electron chi connectivity index (χ0n) is 17.3. The summed E-state index contributed by atoms with van der Waals surface area (Å²) < 4.78 is 44.7. The van der Waals surface area contributed by atoms with Crippen molar-refractivity contribution < 1.29 is 27.4 Å². The molecule has 1 amide bonds. The van der Waals surface area contributed by atoms with Gasteiger partial charge in [-0.15, -0.1) is 0 Å². The maximum absolute atomic E-state index is 13.0. The SMILES string of the molecule is COc1ccccc1NS(=O)(=O)c1cccc(C(=O)N2CCC(C3OCCO3)CC2)c1. The minimum absolute atomic E-state index is 0.0203. The average molecular weight is 447 g/mol. The van der Waals surface area contributed by atoms with Crippen molar-refractivity contribution in [2.45, 2.75) is 24.0 Å². The molecule has 1 N–H and O–H groups in total. The number of benzene rings is 2. The predicted molar refractivity (Wildman–Crippen MR) is 115 cm³/mol. The Bertz CT molecular complexity index is 1030. The first kappa shape index (κ1) is 21.6. The summed E-state index contributed by atoms with van der Waals surface area (Å²) in [5.74, 6) is 0.515. The summed E-state index contributed by atoms with van der Waals surface area (Å²) in [6, 6.07) is 12.9. The fourth-order valence-corrected chi connectivity index (χ4v) is 5.05. The van der Waals surface area contributed by atoms with E-state index in [-0.39, 0.29) is 23.0 Å². The van der Waals surface area contributed by atoms with Crippen LogP contribution >= 0.6 is 0 Å². The molecule has 0 atom stereocenters. The van der Waals surface area contributed by atoms with Crippen LogP contribution in [0.4, 0.5) is 5.69 Å². The molecule has 0 saturated carbocycles. The van der Waals surface area contributed by atoms with Crippen molar-refractivity contribution in [2.24, 2.45) is 5.92 Å². The number of carbonyl (C=O) groups is 1. The number of piperidine rings is 1. The predicted octanol–water partition coefficient (Wildman–Crippen LogP) is 2.72. The summed E-state index contributed by atoms with van der Waals surface area (Å²) in [7, 11) is -2.41. The number of hydrogen-bond acceptors (Lipinski definition) is 6. The van der Waals surface area contributed by atoms with Crippen molar-refractivity contribution in [1.82, 2.24) is 4.90 Å². The highest BCUT2D eigenvalue weighted by Gasteiger charge is 2.32.